The van der Waals surface area contributed by atoms with Crippen LogP contribution in [-0.2, 0) is 14.2 Å². The molecular formula is C25H24N2O7. The molecule has 2 aromatic carbocycles. The lowest BCUT2D eigenvalue weighted by molar-refractivity contribution is -0.0877. The quantitative estimate of drug-likeness (QED) is 0.558. The van der Waals surface area contributed by atoms with E-state index in [1.54, 1.807) is 74.5 Å². The van der Waals surface area contributed by atoms with E-state index in [9.17, 15) is 19.2 Å². The van der Waals surface area contributed by atoms with Gasteiger partial charge in [-0.05, 0) is 38.1 Å². The summed E-state index contributed by atoms with van der Waals surface area (Å²) in [7, 11) is 0. The fourth-order valence-corrected chi connectivity index (χ4v) is 3.80. The molecule has 4 rings (SSSR count). The Morgan fingerprint density at radius 2 is 1.62 bits per heavy atom. The van der Waals surface area contributed by atoms with Crippen molar-refractivity contribution in [1.29, 1.82) is 0 Å². The lowest BCUT2D eigenvalue weighted by Crippen LogP contribution is -2.43. The summed E-state index contributed by atoms with van der Waals surface area (Å²) in [6.45, 7) is 3.02. The molecule has 0 radical (unpaired) electrons. The number of esters is 2. The maximum atomic E-state index is 12.8. The molecule has 0 bridgehead atoms. The maximum absolute atomic E-state index is 12.8. The van der Waals surface area contributed by atoms with Crippen molar-refractivity contribution in [3.05, 3.63) is 104 Å². The van der Waals surface area contributed by atoms with Crippen LogP contribution in [0.5, 0.6) is 0 Å². The summed E-state index contributed by atoms with van der Waals surface area (Å²) >= 11 is 0. The highest BCUT2D eigenvalue weighted by Crippen LogP contribution is 2.39. The van der Waals surface area contributed by atoms with Crippen molar-refractivity contribution >= 4 is 11.9 Å². The SMILES string of the molecule is Cc1cn([C@@H]2C[C@](C)(OC(=O)c3ccccc3)[C@@H](COC(=O)c3ccccc3)O2)c(=O)[nH]c1=O. The number of aryl methyl sites for hydroxylation is 1. The first kappa shape index (κ1) is 23.2. The van der Waals surface area contributed by atoms with Crippen LogP contribution < -0.4 is 11.2 Å². The summed E-state index contributed by atoms with van der Waals surface area (Å²) in [5.74, 6) is -1.13. The van der Waals surface area contributed by atoms with Crippen molar-refractivity contribution in [2.24, 2.45) is 0 Å². The van der Waals surface area contributed by atoms with Crippen molar-refractivity contribution in [1.82, 2.24) is 9.55 Å². The Labute approximate surface area is 194 Å². The number of nitrogens with one attached hydrogen (secondary N) is 1. The molecule has 2 heterocycles. The lowest BCUT2D eigenvalue weighted by atomic mass is 9.97. The largest absolute Gasteiger partial charge is 0.459 e. The Bertz CT molecular complexity index is 1300. The molecule has 9 heteroatoms. The second kappa shape index (κ2) is 9.48. The molecule has 1 fully saturated rings. The molecule has 1 aliphatic rings. The highest BCUT2D eigenvalue weighted by Gasteiger charge is 2.50. The van der Waals surface area contributed by atoms with E-state index < -0.39 is 41.1 Å². The average molecular weight is 464 g/mol. The number of nitrogens with zero attached hydrogens (tertiary/aromatic N) is 1. The summed E-state index contributed by atoms with van der Waals surface area (Å²) in [6.07, 6.45) is -0.220. The minimum Gasteiger partial charge on any atom is -0.459 e. The number of rotatable bonds is 6. The van der Waals surface area contributed by atoms with E-state index in [2.05, 4.69) is 4.98 Å². The van der Waals surface area contributed by atoms with Crippen LogP contribution in [0.15, 0.2) is 76.4 Å². The van der Waals surface area contributed by atoms with Gasteiger partial charge in [-0.2, -0.15) is 0 Å². The van der Waals surface area contributed by atoms with Gasteiger partial charge in [-0.15, -0.1) is 0 Å². The highest BCUT2D eigenvalue weighted by atomic mass is 16.6. The monoisotopic (exact) mass is 464 g/mol. The van der Waals surface area contributed by atoms with Gasteiger partial charge in [0.25, 0.3) is 5.56 Å². The van der Waals surface area contributed by atoms with Crippen molar-refractivity contribution in [3.8, 4) is 0 Å². The Balaban J connectivity index is 1.59. The van der Waals surface area contributed by atoms with E-state index in [-0.39, 0.29) is 13.0 Å². The zero-order chi connectivity index (χ0) is 24.3. The van der Waals surface area contributed by atoms with E-state index >= 15 is 0 Å². The Morgan fingerprint density at radius 1 is 1.03 bits per heavy atom. The van der Waals surface area contributed by atoms with Crippen LogP contribution in [0.3, 0.4) is 0 Å². The predicted molar refractivity (Wildman–Crippen MR) is 122 cm³/mol. The zero-order valence-corrected chi connectivity index (χ0v) is 18.7. The molecule has 0 amide bonds. The van der Waals surface area contributed by atoms with E-state index in [1.807, 2.05) is 0 Å². The molecular weight excluding hydrogens is 440 g/mol. The highest BCUT2D eigenvalue weighted by molar-refractivity contribution is 5.90. The first-order chi connectivity index (χ1) is 16.3. The van der Waals surface area contributed by atoms with E-state index in [4.69, 9.17) is 14.2 Å². The van der Waals surface area contributed by atoms with Crippen LogP contribution in [-0.4, -0.2) is 39.8 Å². The van der Waals surface area contributed by atoms with Crippen LogP contribution in [0.2, 0.25) is 0 Å². The first-order valence-corrected chi connectivity index (χ1v) is 10.7. The third-order valence-corrected chi connectivity index (χ3v) is 5.75. The molecule has 3 aromatic rings. The van der Waals surface area contributed by atoms with Gasteiger partial charge >= 0.3 is 17.6 Å². The van der Waals surface area contributed by atoms with Crippen molar-refractivity contribution in [2.45, 2.75) is 38.2 Å². The molecule has 1 aliphatic heterocycles. The summed E-state index contributed by atoms with van der Waals surface area (Å²) in [5, 5.41) is 0. The third kappa shape index (κ3) is 4.84. The number of hydrogen-bond acceptors (Lipinski definition) is 7. The Kier molecular flexibility index (Phi) is 6.47. The van der Waals surface area contributed by atoms with Gasteiger partial charge < -0.3 is 14.2 Å². The molecule has 3 atom stereocenters. The second-order valence-corrected chi connectivity index (χ2v) is 8.29. The van der Waals surface area contributed by atoms with Crippen LogP contribution in [0.25, 0.3) is 0 Å². The lowest BCUT2D eigenvalue weighted by Gasteiger charge is -2.29. The van der Waals surface area contributed by atoms with Crippen LogP contribution in [0, 0.1) is 6.92 Å². The van der Waals surface area contributed by atoms with Crippen LogP contribution in [0.1, 0.15) is 45.9 Å². The van der Waals surface area contributed by atoms with Crippen LogP contribution >= 0.6 is 0 Å². The zero-order valence-electron chi connectivity index (χ0n) is 18.7. The van der Waals surface area contributed by atoms with E-state index in [0.717, 1.165) is 0 Å². The smallest absolute Gasteiger partial charge is 0.338 e. The van der Waals surface area contributed by atoms with Gasteiger partial charge in [-0.25, -0.2) is 14.4 Å². The van der Waals surface area contributed by atoms with Crippen LogP contribution in [0.4, 0.5) is 0 Å². The summed E-state index contributed by atoms with van der Waals surface area (Å²) in [4.78, 5) is 51.7. The number of aromatic amines is 1. The number of H-pyrrole nitrogens is 1. The van der Waals surface area contributed by atoms with Crippen molar-refractivity contribution in [2.75, 3.05) is 6.61 Å². The van der Waals surface area contributed by atoms with Gasteiger partial charge in [-0.3, -0.25) is 14.3 Å². The molecule has 0 unspecified atom stereocenters. The second-order valence-electron chi connectivity index (χ2n) is 8.29. The topological polar surface area (TPSA) is 117 Å². The van der Waals surface area contributed by atoms with Gasteiger partial charge in [0.2, 0.25) is 0 Å². The molecule has 1 N–H and O–H groups in total. The van der Waals surface area contributed by atoms with Gasteiger partial charge in [0, 0.05) is 18.2 Å². The summed E-state index contributed by atoms with van der Waals surface area (Å²) in [6, 6.07) is 16.9. The number of hydrogen-bond donors (Lipinski definition) is 1. The molecule has 9 nitrogen and oxygen atoms in total. The van der Waals surface area contributed by atoms with Crippen molar-refractivity contribution in [3.63, 3.8) is 0 Å². The fourth-order valence-electron chi connectivity index (χ4n) is 3.80. The number of carbonyl (C=O) groups is 2. The third-order valence-electron chi connectivity index (χ3n) is 5.75. The van der Waals surface area contributed by atoms with Gasteiger partial charge in [0.05, 0.1) is 11.1 Å². The van der Waals surface area contributed by atoms with E-state index in [1.165, 1.54) is 10.8 Å². The Hall–Kier alpha value is -3.98. The minimum absolute atomic E-state index is 0.102. The predicted octanol–water partition coefficient (Wildman–Crippen LogP) is 2.61. The normalized spacial score (nSPS) is 21.7. The van der Waals surface area contributed by atoms with Gasteiger partial charge in [0.1, 0.15) is 24.5 Å². The van der Waals surface area contributed by atoms with Gasteiger partial charge in [-0.1, -0.05) is 36.4 Å². The number of carbonyl (C=O) groups excluding carboxylic acids is 2. The Morgan fingerprint density at radius 3 is 2.24 bits per heavy atom. The van der Waals surface area contributed by atoms with E-state index in [0.29, 0.717) is 16.7 Å². The molecule has 1 saturated heterocycles. The maximum Gasteiger partial charge on any atom is 0.338 e. The standard InChI is InChI=1S/C25H24N2O7/c1-16-14-27(24(31)26-21(16)28)20-13-25(2,34-23(30)18-11-7-4-8-12-18)19(33-20)15-32-22(29)17-9-5-3-6-10-17/h3-12,14,19-20H,13,15H2,1-2H3,(H,26,28,31)/t19-,20+,25+/m1/s1. The molecule has 34 heavy (non-hydrogen) atoms. The summed E-state index contributed by atoms with van der Waals surface area (Å²) < 4.78 is 18.6. The van der Waals surface area contributed by atoms with Gasteiger partial charge in [0.15, 0.2) is 0 Å². The summed E-state index contributed by atoms with van der Waals surface area (Å²) in [5.41, 5.74) is -1.33. The molecule has 176 valence electrons. The molecule has 0 aliphatic carbocycles. The average Bonchev–Trinajstić information content (AvgIpc) is 3.16. The van der Waals surface area contributed by atoms with Crippen molar-refractivity contribution < 1.29 is 23.8 Å². The minimum atomic E-state index is -1.22. The molecule has 1 aromatic heterocycles. The molecule has 0 spiro atoms. The fraction of sp³-hybridized carbons (Fsp3) is 0.280. The number of benzene rings is 2. The molecule has 0 saturated carbocycles. The number of aromatic nitrogens is 2. The number of ether oxygens (including phenoxy) is 3. The first-order valence-electron chi connectivity index (χ1n) is 10.7.